The molecule has 26 heavy (non-hydrogen) atoms. The van der Waals surface area contributed by atoms with Crippen LogP contribution in [0.2, 0.25) is 0 Å². The van der Waals surface area contributed by atoms with Gasteiger partial charge in [-0.1, -0.05) is 24.3 Å². The Morgan fingerprint density at radius 2 is 1.04 bits per heavy atom. The van der Waals surface area contributed by atoms with Crippen LogP contribution in [0.15, 0.2) is 48.5 Å². The highest BCUT2D eigenvalue weighted by molar-refractivity contribution is 5.65. The van der Waals surface area contributed by atoms with Crippen LogP contribution in [-0.4, -0.2) is 0 Å². The van der Waals surface area contributed by atoms with Gasteiger partial charge < -0.3 is 0 Å². The second kappa shape index (κ2) is 8.17. The summed E-state index contributed by atoms with van der Waals surface area (Å²) in [6.45, 7) is 6.74. The molecule has 0 spiro atoms. The Bertz CT molecular complexity index is 906. The van der Waals surface area contributed by atoms with Crippen LogP contribution < -0.4 is 0 Å². The lowest BCUT2D eigenvalue weighted by Gasteiger charge is -2.07. The molecule has 0 unspecified atom stereocenters. The summed E-state index contributed by atoms with van der Waals surface area (Å²) < 4.78 is 53.0. The van der Waals surface area contributed by atoms with Gasteiger partial charge in [0.2, 0.25) is 0 Å². The van der Waals surface area contributed by atoms with Crippen LogP contribution in [0, 0.1) is 51.0 Å². The van der Waals surface area contributed by atoms with Crippen LogP contribution in [0.25, 0.3) is 11.1 Å². The summed E-state index contributed by atoms with van der Waals surface area (Å²) in [5, 5.41) is 0. The lowest BCUT2D eigenvalue weighted by molar-refractivity contribution is 0.568. The second-order valence-corrected chi connectivity index (χ2v) is 6.30. The van der Waals surface area contributed by atoms with E-state index in [1.165, 1.54) is 25.1 Å². The van der Waals surface area contributed by atoms with E-state index in [0.717, 1.165) is 23.3 Å². The Balaban J connectivity index is 0.000000228. The molecule has 0 heterocycles. The Morgan fingerprint density at radius 3 is 1.50 bits per heavy atom. The van der Waals surface area contributed by atoms with Crippen molar-refractivity contribution in [2.75, 3.05) is 0 Å². The normalized spacial score (nSPS) is 10.3. The SMILES string of the molecule is Cc1ccc(-c2cc(F)c(C)c(F)c2)c(F)c1.Cc1ccc(C)c(F)c1. The third-order valence-electron chi connectivity index (χ3n) is 4.04. The van der Waals surface area contributed by atoms with Crippen LogP contribution in [0.4, 0.5) is 17.6 Å². The first kappa shape index (κ1) is 19.7. The summed E-state index contributed by atoms with van der Waals surface area (Å²) in [6.07, 6.45) is 0. The number of rotatable bonds is 1. The highest BCUT2D eigenvalue weighted by Gasteiger charge is 2.11. The van der Waals surface area contributed by atoms with E-state index in [2.05, 4.69) is 0 Å². The molecule has 0 N–H and O–H groups in total. The number of halogens is 4. The van der Waals surface area contributed by atoms with Gasteiger partial charge in [0.15, 0.2) is 0 Å². The fourth-order valence-corrected chi connectivity index (χ4v) is 2.35. The van der Waals surface area contributed by atoms with E-state index >= 15 is 0 Å². The Hall–Kier alpha value is -2.62. The van der Waals surface area contributed by atoms with Gasteiger partial charge in [0.1, 0.15) is 23.3 Å². The molecule has 4 heteroatoms. The predicted octanol–water partition coefficient (Wildman–Crippen LogP) is 6.83. The molecule has 0 aliphatic heterocycles. The van der Waals surface area contributed by atoms with Crippen molar-refractivity contribution in [3.05, 3.63) is 94.1 Å². The van der Waals surface area contributed by atoms with Gasteiger partial charge >= 0.3 is 0 Å². The standard InChI is InChI=1S/C14H11F3.C8H9F/c1-8-3-4-11(14(17)5-8)10-6-12(15)9(2)13(16)7-10;1-6-3-4-7(2)8(9)5-6/h3-7H,1-2H3;3-5H,1-2H3. The molecule has 3 aromatic carbocycles. The van der Waals surface area contributed by atoms with Crippen molar-refractivity contribution in [3.63, 3.8) is 0 Å². The smallest absolute Gasteiger partial charge is 0.131 e. The zero-order valence-electron chi connectivity index (χ0n) is 15.1. The van der Waals surface area contributed by atoms with Crippen LogP contribution >= 0.6 is 0 Å². The zero-order valence-corrected chi connectivity index (χ0v) is 15.1. The van der Waals surface area contributed by atoms with Gasteiger partial charge in [0.05, 0.1) is 0 Å². The molecule has 0 radical (unpaired) electrons. The molecule has 0 aliphatic rings. The fourth-order valence-electron chi connectivity index (χ4n) is 2.35. The first-order valence-electron chi connectivity index (χ1n) is 8.14. The molecule has 0 amide bonds. The summed E-state index contributed by atoms with van der Waals surface area (Å²) in [7, 11) is 0. The molecule has 0 atom stereocenters. The summed E-state index contributed by atoms with van der Waals surface area (Å²) in [5.41, 5.74) is 2.80. The summed E-state index contributed by atoms with van der Waals surface area (Å²) in [5.74, 6) is -1.93. The molecule has 0 fully saturated rings. The van der Waals surface area contributed by atoms with Crippen molar-refractivity contribution < 1.29 is 17.6 Å². The average Bonchev–Trinajstić information content (AvgIpc) is 2.56. The van der Waals surface area contributed by atoms with Crippen molar-refractivity contribution >= 4 is 0 Å². The monoisotopic (exact) mass is 360 g/mol. The molecule has 0 bridgehead atoms. The quantitative estimate of drug-likeness (QED) is 0.417. The van der Waals surface area contributed by atoms with Crippen molar-refractivity contribution in [2.24, 2.45) is 0 Å². The van der Waals surface area contributed by atoms with Crippen LogP contribution in [0.3, 0.4) is 0 Å². The largest absolute Gasteiger partial charge is 0.207 e. The molecule has 3 aromatic rings. The number of hydrogen-bond acceptors (Lipinski definition) is 0. The second-order valence-electron chi connectivity index (χ2n) is 6.30. The predicted molar refractivity (Wildman–Crippen MR) is 97.1 cm³/mol. The van der Waals surface area contributed by atoms with Gasteiger partial charge in [-0.2, -0.15) is 0 Å². The summed E-state index contributed by atoms with van der Waals surface area (Å²) in [6, 6.07) is 12.1. The number of benzene rings is 3. The minimum Gasteiger partial charge on any atom is -0.207 e. The van der Waals surface area contributed by atoms with Gasteiger partial charge in [0, 0.05) is 11.1 Å². The van der Waals surface area contributed by atoms with Gasteiger partial charge in [-0.05, 0) is 74.2 Å². The summed E-state index contributed by atoms with van der Waals surface area (Å²) >= 11 is 0. The van der Waals surface area contributed by atoms with E-state index in [-0.39, 0.29) is 22.5 Å². The van der Waals surface area contributed by atoms with Crippen molar-refractivity contribution in [1.82, 2.24) is 0 Å². The van der Waals surface area contributed by atoms with Crippen LogP contribution in [-0.2, 0) is 0 Å². The van der Waals surface area contributed by atoms with Crippen molar-refractivity contribution in [3.8, 4) is 11.1 Å². The Kier molecular flexibility index (Phi) is 6.19. The van der Waals surface area contributed by atoms with Gasteiger partial charge in [0.25, 0.3) is 0 Å². The van der Waals surface area contributed by atoms with E-state index in [4.69, 9.17) is 0 Å². The third kappa shape index (κ3) is 4.72. The van der Waals surface area contributed by atoms with E-state index in [1.54, 1.807) is 26.0 Å². The molecule has 0 saturated carbocycles. The number of hydrogen-bond donors (Lipinski definition) is 0. The maximum atomic E-state index is 13.7. The van der Waals surface area contributed by atoms with E-state index < -0.39 is 17.5 Å². The third-order valence-corrected chi connectivity index (χ3v) is 4.04. The average molecular weight is 360 g/mol. The highest BCUT2D eigenvalue weighted by Crippen LogP contribution is 2.26. The van der Waals surface area contributed by atoms with Crippen molar-refractivity contribution in [2.45, 2.75) is 27.7 Å². The first-order chi connectivity index (χ1) is 12.2. The fraction of sp³-hybridized carbons (Fsp3) is 0.182. The molecular formula is C22H20F4. The van der Waals surface area contributed by atoms with Crippen LogP contribution in [0.1, 0.15) is 22.3 Å². The first-order valence-corrected chi connectivity index (χ1v) is 8.14. The van der Waals surface area contributed by atoms with Crippen molar-refractivity contribution in [1.29, 1.82) is 0 Å². The van der Waals surface area contributed by atoms with Gasteiger partial charge in [-0.3, -0.25) is 0 Å². The lowest BCUT2D eigenvalue weighted by atomic mass is 10.0. The molecule has 136 valence electrons. The zero-order chi connectivity index (χ0) is 19.4. The molecular weight excluding hydrogens is 340 g/mol. The highest BCUT2D eigenvalue weighted by atomic mass is 19.1. The van der Waals surface area contributed by atoms with Gasteiger partial charge in [-0.15, -0.1) is 0 Å². The minimum atomic E-state index is -0.667. The maximum Gasteiger partial charge on any atom is 0.131 e. The van der Waals surface area contributed by atoms with E-state index in [9.17, 15) is 17.6 Å². The number of aryl methyl sites for hydroxylation is 3. The molecule has 0 aromatic heterocycles. The van der Waals surface area contributed by atoms with E-state index in [0.29, 0.717) is 5.56 Å². The van der Waals surface area contributed by atoms with E-state index in [1.807, 2.05) is 13.0 Å². The molecule has 3 rings (SSSR count). The lowest BCUT2D eigenvalue weighted by Crippen LogP contribution is -1.92. The van der Waals surface area contributed by atoms with Crippen LogP contribution in [0.5, 0.6) is 0 Å². The molecule has 0 saturated heterocycles. The van der Waals surface area contributed by atoms with Gasteiger partial charge in [-0.25, -0.2) is 17.6 Å². The maximum absolute atomic E-state index is 13.7. The Morgan fingerprint density at radius 1 is 0.538 bits per heavy atom. The summed E-state index contributed by atoms with van der Waals surface area (Å²) in [4.78, 5) is 0. The minimum absolute atomic E-state index is 0.0544. The Labute approximate surface area is 151 Å². The topological polar surface area (TPSA) is 0 Å². The molecule has 0 aliphatic carbocycles. The molecule has 0 nitrogen and oxygen atoms in total.